The van der Waals surface area contributed by atoms with Crippen LogP contribution < -0.4 is 9.47 Å². The average molecular weight is 416 g/mol. The predicted molar refractivity (Wildman–Crippen MR) is 92.2 cm³/mol. The van der Waals surface area contributed by atoms with E-state index in [4.69, 9.17) is 14.6 Å². The van der Waals surface area contributed by atoms with Gasteiger partial charge in [-0.2, -0.15) is 0 Å². The number of halogens is 1. The number of aliphatic carboxylic acids is 1. The molecule has 2 amide bonds. The summed E-state index contributed by atoms with van der Waals surface area (Å²) in [7, 11) is 1.49. The second kappa shape index (κ2) is 7.71. The third kappa shape index (κ3) is 3.90. The van der Waals surface area contributed by atoms with Crippen LogP contribution in [0.3, 0.4) is 0 Å². The van der Waals surface area contributed by atoms with Gasteiger partial charge in [0.25, 0.3) is 11.1 Å². The zero-order valence-corrected chi connectivity index (χ0v) is 15.3. The number of hydrogen-bond donors (Lipinski definition) is 1. The summed E-state index contributed by atoms with van der Waals surface area (Å²) in [5.74, 6) is -0.862. The van der Waals surface area contributed by atoms with E-state index in [9.17, 15) is 14.4 Å². The molecule has 24 heavy (non-hydrogen) atoms. The van der Waals surface area contributed by atoms with Crippen molar-refractivity contribution < 1.29 is 29.0 Å². The highest BCUT2D eigenvalue weighted by atomic mass is 79.9. The van der Waals surface area contributed by atoms with Crippen LogP contribution in [0, 0.1) is 0 Å². The minimum Gasteiger partial charge on any atom is -0.493 e. The molecule has 1 aromatic carbocycles. The summed E-state index contributed by atoms with van der Waals surface area (Å²) in [6, 6.07) is 3.39. The molecule has 0 spiro atoms. The first-order chi connectivity index (χ1) is 11.4. The normalized spacial score (nSPS) is 16.0. The molecular weight excluding hydrogens is 402 g/mol. The van der Waals surface area contributed by atoms with Crippen molar-refractivity contribution in [1.82, 2.24) is 4.90 Å². The Morgan fingerprint density at radius 1 is 1.42 bits per heavy atom. The van der Waals surface area contributed by atoms with E-state index in [1.54, 1.807) is 12.1 Å². The molecule has 0 atom stereocenters. The van der Waals surface area contributed by atoms with Gasteiger partial charge < -0.3 is 14.6 Å². The molecule has 0 radical (unpaired) electrons. The fraction of sp³-hybridized carbons (Fsp3) is 0.267. The number of nitrogens with zero attached hydrogens (tertiary/aromatic N) is 1. The Kier molecular flexibility index (Phi) is 5.89. The minimum atomic E-state index is -1.25. The van der Waals surface area contributed by atoms with E-state index >= 15 is 0 Å². The molecule has 0 saturated carbocycles. The fourth-order valence-corrected chi connectivity index (χ4v) is 3.44. The van der Waals surface area contributed by atoms with Gasteiger partial charge in [-0.3, -0.25) is 19.3 Å². The maximum Gasteiger partial charge on any atom is 0.323 e. The van der Waals surface area contributed by atoms with Crippen molar-refractivity contribution in [2.45, 2.75) is 6.92 Å². The molecule has 9 heteroatoms. The van der Waals surface area contributed by atoms with Crippen LogP contribution in [0.1, 0.15) is 12.5 Å². The van der Waals surface area contributed by atoms with E-state index < -0.39 is 23.7 Å². The molecule has 1 saturated heterocycles. The largest absolute Gasteiger partial charge is 0.493 e. The van der Waals surface area contributed by atoms with Crippen LogP contribution >= 0.6 is 27.7 Å². The Bertz CT molecular complexity index is 733. The molecule has 1 fully saturated rings. The summed E-state index contributed by atoms with van der Waals surface area (Å²) in [5, 5.41) is 8.15. The molecule has 1 aliphatic rings. The van der Waals surface area contributed by atoms with Crippen LogP contribution in [0.2, 0.25) is 0 Å². The summed E-state index contributed by atoms with van der Waals surface area (Å²) in [4.78, 5) is 35.5. The highest BCUT2D eigenvalue weighted by Gasteiger charge is 2.36. The second-order valence-electron chi connectivity index (χ2n) is 4.63. The zero-order chi connectivity index (χ0) is 17.9. The van der Waals surface area contributed by atoms with Gasteiger partial charge in [-0.25, -0.2) is 0 Å². The van der Waals surface area contributed by atoms with E-state index in [0.29, 0.717) is 44.8 Å². The SMILES string of the molecule is CCOc1c(Br)cc(/C=C2/SC(=O)N(CC(=O)O)C2=O)cc1OC. The van der Waals surface area contributed by atoms with Crippen molar-refractivity contribution in [1.29, 1.82) is 0 Å². The first kappa shape index (κ1) is 18.3. The highest BCUT2D eigenvalue weighted by Crippen LogP contribution is 2.39. The van der Waals surface area contributed by atoms with Gasteiger partial charge in [-0.1, -0.05) is 0 Å². The third-order valence-corrected chi connectivity index (χ3v) is 4.50. The Hall–Kier alpha value is -2.00. The quantitative estimate of drug-likeness (QED) is 0.713. The monoisotopic (exact) mass is 415 g/mol. The van der Waals surface area contributed by atoms with Crippen molar-refractivity contribution in [3.63, 3.8) is 0 Å². The number of imide groups is 1. The second-order valence-corrected chi connectivity index (χ2v) is 6.48. The molecule has 128 valence electrons. The summed E-state index contributed by atoms with van der Waals surface area (Å²) in [6.45, 7) is 1.65. The number of amides is 2. The topological polar surface area (TPSA) is 93.1 Å². The number of carbonyl (C=O) groups is 3. The van der Waals surface area contributed by atoms with Crippen molar-refractivity contribution >= 4 is 50.9 Å². The van der Waals surface area contributed by atoms with Gasteiger partial charge in [0.15, 0.2) is 11.5 Å². The minimum absolute atomic E-state index is 0.152. The van der Waals surface area contributed by atoms with Gasteiger partial charge in [0.1, 0.15) is 6.54 Å². The van der Waals surface area contributed by atoms with E-state index in [2.05, 4.69) is 15.9 Å². The van der Waals surface area contributed by atoms with Crippen molar-refractivity contribution in [2.75, 3.05) is 20.3 Å². The van der Waals surface area contributed by atoms with Crippen molar-refractivity contribution in [2.24, 2.45) is 0 Å². The lowest BCUT2D eigenvalue weighted by molar-refractivity contribution is -0.140. The predicted octanol–water partition coefficient (Wildman–Crippen LogP) is 2.98. The van der Waals surface area contributed by atoms with Crippen LogP contribution in [-0.4, -0.2) is 47.4 Å². The van der Waals surface area contributed by atoms with Crippen molar-refractivity contribution in [3.05, 3.63) is 27.1 Å². The van der Waals surface area contributed by atoms with E-state index in [1.807, 2.05) is 6.92 Å². The Labute approximate surface area is 150 Å². The molecule has 2 rings (SSSR count). The zero-order valence-electron chi connectivity index (χ0n) is 12.9. The van der Waals surface area contributed by atoms with Crippen LogP contribution in [0.25, 0.3) is 6.08 Å². The highest BCUT2D eigenvalue weighted by molar-refractivity contribution is 9.10. The molecule has 0 unspecified atom stereocenters. The smallest absolute Gasteiger partial charge is 0.323 e. The molecule has 0 aliphatic carbocycles. The first-order valence-corrected chi connectivity index (χ1v) is 8.45. The van der Waals surface area contributed by atoms with E-state index in [1.165, 1.54) is 13.2 Å². The van der Waals surface area contributed by atoms with E-state index in [0.717, 1.165) is 0 Å². The van der Waals surface area contributed by atoms with Crippen LogP contribution in [0.4, 0.5) is 4.79 Å². The Morgan fingerprint density at radius 3 is 2.71 bits per heavy atom. The molecule has 0 aromatic heterocycles. The third-order valence-electron chi connectivity index (χ3n) is 3.01. The Balaban J connectivity index is 2.35. The number of carboxylic acid groups (broad SMARTS) is 1. The van der Waals surface area contributed by atoms with Gasteiger partial charge in [-0.05, 0) is 58.4 Å². The van der Waals surface area contributed by atoms with Gasteiger partial charge >= 0.3 is 5.97 Å². The standard InChI is InChI=1S/C15H14BrNO6S/c1-3-23-13-9(16)4-8(5-10(13)22-2)6-11-14(20)17(7-12(18)19)15(21)24-11/h4-6H,3,7H2,1-2H3,(H,18,19)/b11-6+. The van der Waals surface area contributed by atoms with Gasteiger partial charge in [0.05, 0.1) is 23.1 Å². The Morgan fingerprint density at radius 2 is 2.12 bits per heavy atom. The molecule has 7 nitrogen and oxygen atoms in total. The lowest BCUT2D eigenvalue weighted by Crippen LogP contribution is -2.33. The number of carboxylic acids is 1. The molecule has 0 bridgehead atoms. The molecule has 1 heterocycles. The van der Waals surface area contributed by atoms with Crippen molar-refractivity contribution in [3.8, 4) is 11.5 Å². The lowest BCUT2D eigenvalue weighted by Gasteiger charge is -2.12. The summed E-state index contributed by atoms with van der Waals surface area (Å²) in [6.07, 6.45) is 1.51. The molecule has 1 aromatic rings. The van der Waals surface area contributed by atoms with Crippen LogP contribution in [-0.2, 0) is 9.59 Å². The van der Waals surface area contributed by atoms with Gasteiger partial charge in [0, 0.05) is 0 Å². The van der Waals surface area contributed by atoms with Gasteiger partial charge in [-0.15, -0.1) is 0 Å². The summed E-state index contributed by atoms with van der Waals surface area (Å²) in [5.41, 5.74) is 0.614. The maximum absolute atomic E-state index is 12.1. The van der Waals surface area contributed by atoms with Crippen LogP contribution in [0.15, 0.2) is 21.5 Å². The number of methoxy groups -OCH3 is 1. The number of benzene rings is 1. The number of rotatable bonds is 6. The van der Waals surface area contributed by atoms with E-state index in [-0.39, 0.29) is 4.91 Å². The molecule has 1 aliphatic heterocycles. The van der Waals surface area contributed by atoms with Crippen LogP contribution in [0.5, 0.6) is 11.5 Å². The number of thioether (sulfide) groups is 1. The maximum atomic E-state index is 12.1. The number of carbonyl (C=O) groups excluding carboxylic acids is 2. The number of hydrogen-bond acceptors (Lipinski definition) is 6. The summed E-state index contributed by atoms with van der Waals surface area (Å²) >= 11 is 4.08. The lowest BCUT2D eigenvalue weighted by atomic mass is 10.2. The molecular formula is C15H14BrNO6S. The fourth-order valence-electron chi connectivity index (χ4n) is 2.03. The first-order valence-electron chi connectivity index (χ1n) is 6.84. The number of ether oxygens (including phenoxy) is 2. The summed E-state index contributed by atoms with van der Waals surface area (Å²) < 4.78 is 11.4. The molecule has 1 N–H and O–H groups in total. The average Bonchev–Trinajstić information content (AvgIpc) is 2.77. The van der Waals surface area contributed by atoms with Gasteiger partial charge in [0.2, 0.25) is 0 Å².